The summed E-state index contributed by atoms with van der Waals surface area (Å²) in [4.78, 5) is 34.0. The van der Waals surface area contributed by atoms with Crippen molar-refractivity contribution in [3.05, 3.63) is 46.2 Å². The molecule has 3 heterocycles. The molecule has 2 amide bonds. The van der Waals surface area contributed by atoms with Crippen molar-refractivity contribution in [2.24, 2.45) is 5.92 Å². The largest absolute Gasteiger partial charge is 0.351 e. The van der Waals surface area contributed by atoms with Gasteiger partial charge in [-0.1, -0.05) is 0 Å². The summed E-state index contributed by atoms with van der Waals surface area (Å²) in [6.45, 7) is 3.49. The second-order valence-corrected chi connectivity index (χ2v) is 7.14. The number of hydrogen-bond donors (Lipinski definition) is 1. The third-order valence-corrected chi connectivity index (χ3v) is 5.13. The second kappa shape index (κ2) is 8.20. The molecule has 0 unspecified atom stereocenters. The minimum absolute atomic E-state index is 0.0744. The summed E-state index contributed by atoms with van der Waals surface area (Å²) in [5, 5.41) is 6.56. The van der Waals surface area contributed by atoms with E-state index in [9.17, 15) is 9.59 Å². The third kappa shape index (κ3) is 4.85. The zero-order valence-corrected chi connectivity index (χ0v) is 15.1. The lowest BCUT2D eigenvalue weighted by Gasteiger charge is -2.31. The van der Waals surface area contributed by atoms with Crippen LogP contribution in [0.4, 0.5) is 0 Å². The Morgan fingerprint density at radius 2 is 1.96 bits per heavy atom. The summed E-state index contributed by atoms with van der Waals surface area (Å²) >= 11 is 1.55. The van der Waals surface area contributed by atoms with Gasteiger partial charge in [-0.15, -0.1) is 0 Å². The van der Waals surface area contributed by atoms with Gasteiger partial charge in [-0.3, -0.25) is 19.6 Å². The highest BCUT2D eigenvalue weighted by atomic mass is 32.1. The van der Waals surface area contributed by atoms with E-state index in [0.717, 1.165) is 49.3 Å². The van der Waals surface area contributed by atoms with Gasteiger partial charge in [0.15, 0.2) is 0 Å². The highest BCUT2D eigenvalue weighted by Crippen LogP contribution is 2.22. The lowest BCUT2D eigenvalue weighted by atomic mass is 9.92. The van der Waals surface area contributed by atoms with Gasteiger partial charge in [-0.2, -0.15) is 11.3 Å². The lowest BCUT2D eigenvalue weighted by Crippen LogP contribution is -2.38. The van der Waals surface area contributed by atoms with Crippen molar-refractivity contribution in [1.82, 2.24) is 20.2 Å². The quantitative estimate of drug-likeness (QED) is 0.890. The third-order valence-electron chi connectivity index (χ3n) is 4.44. The number of amides is 2. The van der Waals surface area contributed by atoms with Crippen LogP contribution in [0.5, 0.6) is 0 Å². The standard InChI is InChI=1S/C18H22N4O2S/c1-13(23)19-10-17-11-20-16(9-21-17)8-14-2-5-22(6-3-14)18(24)15-4-7-25-12-15/h4,7,9,11-12,14H,2-3,5-6,8,10H2,1H3,(H,19,23). The molecular weight excluding hydrogens is 336 g/mol. The molecule has 3 rings (SSSR count). The Balaban J connectivity index is 1.47. The maximum Gasteiger partial charge on any atom is 0.254 e. The first-order valence-electron chi connectivity index (χ1n) is 8.47. The summed E-state index contributed by atoms with van der Waals surface area (Å²) in [6.07, 6.45) is 6.38. The summed E-state index contributed by atoms with van der Waals surface area (Å²) in [5.74, 6) is 0.596. The van der Waals surface area contributed by atoms with Crippen molar-refractivity contribution in [2.75, 3.05) is 13.1 Å². The molecule has 2 aromatic rings. The molecule has 1 aliphatic heterocycles. The van der Waals surface area contributed by atoms with Crippen molar-refractivity contribution in [3.8, 4) is 0 Å². The SMILES string of the molecule is CC(=O)NCc1cnc(CC2CCN(C(=O)c3ccsc3)CC2)cn1. The Bertz CT molecular complexity index is 707. The summed E-state index contributed by atoms with van der Waals surface area (Å²) in [7, 11) is 0. The van der Waals surface area contributed by atoms with Gasteiger partial charge in [0, 0.05) is 31.6 Å². The fourth-order valence-electron chi connectivity index (χ4n) is 3.00. The minimum atomic E-state index is -0.0744. The molecule has 1 aliphatic rings. The molecule has 0 radical (unpaired) electrons. The van der Waals surface area contributed by atoms with Crippen LogP contribution in [-0.4, -0.2) is 39.8 Å². The van der Waals surface area contributed by atoms with Gasteiger partial charge in [0.2, 0.25) is 5.91 Å². The number of carbonyl (C=O) groups excluding carboxylic acids is 2. The van der Waals surface area contributed by atoms with Gasteiger partial charge in [-0.05, 0) is 36.6 Å². The molecule has 6 nitrogen and oxygen atoms in total. The van der Waals surface area contributed by atoms with E-state index in [-0.39, 0.29) is 11.8 Å². The molecule has 1 fully saturated rings. The molecule has 25 heavy (non-hydrogen) atoms. The minimum Gasteiger partial charge on any atom is -0.351 e. The van der Waals surface area contributed by atoms with Gasteiger partial charge >= 0.3 is 0 Å². The second-order valence-electron chi connectivity index (χ2n) is 6.36. The van der Waals surface area contributed by atoms with E-state index in [1.165, 1.54) is 6.92 Å². The van der Waals surface area contributed by atoms with Crippen LogP contribution in [-0.2, 0) is 17.8 Å². The summed E-state index contributed by atoms with van der Waals surface area (Å²) in [5.41, 5.74) is 2.52. The molecule has 0 aliphatic carbocycles. The van der Waals surface area contributed by atoms with E-state index in [4.69, 9.17) is 0 Å². The number of likely N-dealkylation sites (tertiary alicyclic amines) is 1. The monoisotopic (exact) mass is 358 g/mol. The fraction of sp³-hybridized carbons (Fsp3) is 0.444. The molecular formula is C18H22N4O2S. The number of rotatable bonds is 5. The molecule has 1 N–H and O–H groups in total. The average molecular weight is 358 g/mol. The Morgan fingerprint density at radius 1 is 1.24 bits per heavy atom. The van der Waals surface area contributed by atoms with Crippen molar-refractivity contribution in [2.45, 2.75) is 32.7 Å². The maximum absolute atomic E-state index is 12.4. The van der Waals surface area contributed by atoms with Crippen LogP contribution < -0.4 is 5.32 Å². The summed E-state index contributed by atoms with van der Waals surface area (Å²) in [6, 6.07) is 1.89. The number of nitrogens with one attached hydrogen (secondary N) is 1. The number of aromatic nitrogens is 2. The number of hydrogen-bond acceptors (Lipinski definition) is 5. The van der Waals surface area contributed by atoms with E-state index < -0.39 is 0 Å². The maximum atomic E-state index is 12.4. The lowest BCUT2D eigenvalue weighted by molar-refractivity contribution is -0.119. The molecule has 1 saturated heterocycles. The van der Waals surface area contributed by atoms with Crippen LogP contribution in [0.15, 0.2) is 29.2 Å². The van der Waals surface area contributed by atoms with Crippen molar-refractivity contribution in [1.29, 1.82) is 0 Å². The van der Waals surface area contributed by atoms with E-state index in [2.05, 4.69) is 15.3 Å². The van der Waals surface area contributed by atoms with Crippen LogP contribution in [0.2, 0.25) is 0 Å². The molecule has 0 aromatic carbocycles. The Kier molecular flexibility index (Phi) is 5.75. The van der Waals surface area contributed by atoms with Crippen LogP contribution >= 0.6 is 11.3 Å². The predicted octanol–water partition coefficient (Wildman–Crippen LogP) is 2.27. The first kappa shape index (κ1) is 17.5. The highest BCUT2D eigenvalue weighted by molar-refractivity contribution is 7.08. The smallest absolute Gasteiger partial charge is 0.254 e. The molecule has 2 aromatic heterocycles. The van der Waals surface area contributed by atoms with Crippen molar-refractivity contribution >= 4 is 23.2 Å². The van der Waals surface area contributed by atoms with Gasteiger partial charge in [-0.25, -0.2) is 0 Å². The van der Waals surface area contributed by atoms with Crippen LogP contribution in [0.25, 0.3) is 0 Å². The number of nitrogens with zero attached hydrogens (tertiary/aromatic N) is 3. The average Bonchev–Trinajstić information content (AvgIpc) is 3.16. The van der Waals surface area contributed by atoms with Gasteiger partial charge in [0.25, 0.3) is 5.91 Å². The Hall–Kier alpha value is -2.28. The normalized spacial score (nSPS) is 15.2. The van der Waals surface area contributed by atoms with E-state index in [1.54, 1.807) is 23.7 Å². The molecule has 0 bridgehead atoms. The molecule has 0 atom stereocenters. The van der Waals surface area contributed by atoms with Gasteiger partial charge in [0.1, 0.15) is 0 Å². The first-order chi connectivity index (χ1) is 12.1. The topological polar surface area (TPSA) is 75.2 Å². The highest BCUT2D eigenvalue weighted by Gasteiger charge is 2.24. The van der Waals surface area contributed by atoms with Crippen LogP contribution in [0.1, 0.15) is 41.5 Å². The van der Waals surface area contributed by atoms with Crippen LogP contribution in [0, 0.1) is 5.92 Å². The zero-order chi connectivity index (χ0) is 17.6. The van der Waals surface area contributed by atoms with Crippen LogP contribution in [0.3, 0.4) is 0 Å². The van der Waals surface area contributed by atoms with Crippen molar-refractivity contribution in [3.63, 3.8) is 0 Å². The van der Waals surface area contributed by atoms with E-state index in [0.29, 0.717) is 12.5 Å². The zero-order valence-electron chi connectivity index (χ0n) is 14.3. The molecule has 132 valence electrons. The molecule has 0 saturated carbocycles. The van der Waals surface area contributed by atoms with E-state index >= 15 is 0 Å². The molecule has 0 spiro atoms. The molecule has 7 heteroatoms. The number of piperidine rings is 1. The van der Waals surface area contributed by atoms with Gasteiger partial charge in [0.05, 0.1) is 29.7 Å². The Morgan fingerprint density at radius 3 is 2.56 bits per heavy atom. The van der Waals surface area contributed by atoms with E-state index in [1.807, 2.05) is 21.7 Å². The number of carbonyl (C=O) groups is 2. The first-order valence-corrected chi connectivity index (χ1v) is 9.42. The Labute approximate surface area is 151 Å². The number of thiophene rings is 1. The van der Waals surface area contributed by atoms with Gasteiger partial charge < -0.3 is 10.2 Å². The summed E-state index contributed by atoms with van der Waals surface area (Å²) < 4.78 is 0. The predicted molar refractivity (Wildman–Crippen MR) is 96.2 cm³/mol. The van der Waals surface area contributed by atoms with Crippen molar-refractivity contribution < 1.29 is 9.59 Å². The fourth-order valence-corrected chi connectivity index (χ4v) is 3.63.